The van der Waals surface area contributed by atoms with E-state index in [0.29, 0.717) is 5.54 Å². The molecule has 3 nitrogen and oxygen atoms in total. The number of piperazine rings is 1. The van der Waals surface area contributed by atoms with Gasteiger partial charge < -0.3 is 10.2 Å². The van der Waals surface area contributed by atoms with Gasteiger partial charge in [0, 0.05) is 38.3 Å². The van der Waals surface area contributed by atoms with Gasteiger partial charge in [-0.25, -0.2) is 0 Å². The normalized spacial score (nSPS) is 28.1. The molecular formula is C13H27N3. The SMILES string of the molecule is CNCC1(N2CCN(C)CC2)CCCCC1. The number of nitrogens with zero attached hydrogens (tertiary/aromatic N) is 2. The monoisotopic (exact) mass is 225 g/mol. The smallest absolute Gasteiger partial charge is 0.0334 e. The third kappa shape index (κ3) is 2.58. The molecule has 2 aliphatic rings. The predicted octanol–water partition coefficient (Wildman–Crippen LogP) is 1.16. The van der Waals surface area contributed by atoms with E-state index in [1.165, 1.54) is 64.8 Å². The van der Waals surface area contributed by atoms with Crippen LogP contribution in [0.25, 0.3) is 0 Å². The van der Waals surface area contributed by atoms with E-state index < -0.39 is 0 Å². The van der Waals surface area contributed by atoms with Gasteiger partial charge in [-0.05, 0) is 26.9 Å². The van der Waals surface area contributed by atoms with Crippen LogP contribution in [0.1, 0.15) is 32.1 Å². The molecule has 0 amide bonds. The van der Waals surface area contributed by atoms with Crippen LogP contribution in [-0.2, 0) is 0 Å². The third-order valence-electron chi connectivity index (χ3n) is 4.46. The van der Waals surface area contributed by atoms with Crippen LogP contribution < -0.4 is 5.32 Å². The summed E-state index contributed by atoms with van der Waals surface area (Å²) in [5.41, 5.74) is 0.480. The number of hydrogen-bond acceptors (Lipinski definition) is 3. The van der Waals surface area contributed by atoms with E-state index in [4.69, 9.17) is 0 Å². The zero-order chi connectivity index (χ0) is 11.4. The molecule has 1 heterocycles. The van der Waals surface area contributed by atoms with Crippen LogP contribution in [0.2, 0.25) is 0 Å². The van der Waals surface area contributed by atoms with E-state index in [1.54, 1.807) is 0 Å². The van der Waals surface area contributed by atoms with Gasteiger partial charge in [0.2, 0.25) is 0 Å². The molecular weight excluding hydrogens is 198 g/mol. The van der Waals surface area contributed by atoms with Crippen LogP contribution in [0.15, 0.2) is 0 Å². The first-order valence-corrected chi connectivity index (χ1v) is 6.85. The Balaban J connectivity index is 2.00. The second-order valence-electron chi connectivity index (χ2n) is 5.61. The molecule has 0 aromatic rings. The van der Waals surface area contributed by atoms with Crippen LogP contribution >= 0.6 is 0 Å². The van der Waals surface area contributed by atoms with Crippen molar-refractivity contribution in [1.82, 2.24) is 15.1 Å². The Morgan fingerprint density at radius 2 is 1.62 bits per heavy atom. The maximum atomic E-state index is 3.43. The predicted molar refractivity (Wildman–Crippen MR) is 68.8 cm³/mol. The van der Waals surface area contributed by atoms with Crippen LogP contribution in [0.4, 0.5) is 0 Å². The second-order valence-corrected chi connectivity index (χ2v) is 5.61. The van der Waals surface area contributed by atoms with Gasteiger partial charge in [0.15, 0.2) is 0 Å². The number of hydrogen-bond donors (Lipinski definition) is 1. The zero-order valence-corrected chi connectivity index (χ0v) is 11.0. The van der Waals surface area contributed by atoms with Crippen LogP contribution in [0.3, 0.4) is 0 Å². The average molecular weight is 225 g/mol. The lowest BCUT2D eigenvalue weighted by Crippen LogP contribution is -2.60. The first kappa shape index (κ1) is 12.3. The summed E-state index contributed by atoms with van der Waals surface area (Å²) in [6.45, 7) is 6.18. The molecule has 0 radical (unpaired) electrons. The Bertz CT molecular complexity index is 198. The topological polar surface area (TPSA) is 18.5 Å². The molecule has 0 bridgehead atoms. The summed E-state index contributed by atoms with van der Waals surface area (Å²) in [5.74, 6) is 0. The number of likely N-dealkylation sites (N-methyl/N-ethyl adjacent to an activating group) is 2. The minimum absolute atomic E-state index is 0.480. The van der Waals surface area contributed by atoms with Crippen molar-refractivity contribution in [3.8, 4) is 0 Å². The molecule has 1 saturated heterocycles. The number of rotatable bonds is 3. The van der Waals surface area contributed by atoms with Crippen LogP contribution in [0, 0.1) is 0 Å². The minimum atomic E-state index is 0.480. The van der Waals surface area contributed by atoms with E-state index in [0.717, 1.165) is 0 Å². The van der Waals surface area contributed by atoms with E-state index in [1.807, 2.05) is 0 Å². The second kappa shape index (κ2) is 5.48. The van der Waals surface area contributed by atoms with E-state index in [-0.39, 0.29) is 0 Å². The summed E-state index contributed by atoms with van der Waals surface area (Å²) in [5, 5.41) is 3.43. The van der Waals surface area contributed by atoms with Gasteiger partial charge in [-0.2, -0.15) is 0 Å². The first-order valence-electron chi connectivity index (χ1n) is 6.85. The highest BCUT2D eigenvalue weighted by Gasteiger charge is 2.38. The van der Waals surface area contributed by atoms with Crippen molar-refractivity contribution in [3.63, 3.8) is 0 Å². The Kier molecular flexibility index (Phi) is 4.22. The Labute approximate surface area is 100 Å². The molecule has 1 N–H and O–H groups in total. The minimum Gasteiger partial charge on any atom is -0.318 e. The van der Waals surface area contributed by atoms with E-state index >= 15 is 0 Å². The molecule has 0 spiro atoms. The molecule has 0 unspecified atom stereocenters. The maximum Gasteiger partial charge on any atom is 0.0334 e. The number of nitrogens with one attached hydrogen (secondary N) is 1. The summed E-state index contributed by atoms with van der Waals surface area (Å²) in [7, 11) is 4.34. The van der Waals surface area contributed by atoms with Gasteiger partial charge in [0.1, 0.15) is 0 Å². The van der Waals surface area contributed by atoms with Gasteiger partial charge in [0.25, 0.3) is 0 Å². The van der Waals surface area contributed by atoms with Gasteiger partial charge in [-0.15, -0.1) is 0 Å². The summed E-state index contributed by atoms with van der Waals surface area (Å²) >= 11 is 0. The zero-order valence-electron chi connectivity index (χ0n) is 11.0. The Morgan fingerprint density at radius 3 is 2.19 bits per heavy atom. The molecule has 0 aromatic heterocycles. The molecule has 16 heavy (non-hydrogen) atoms. The van der Waals surface area contributed by atoms with Crippen molar-refractivity contribution in [2.45, 2.75) is 37.6 Å². The average Bonchev–Trinajstić information content (AvgIpc) is 2.31. The third-order valence-corrected chi connectivity index (χ3v) is 4.46. The molecule has 1 saturated carbocycles. The van der Waals surface area contributed by atoms with Gasteiger partial charge in [0.05, 0.1) is 0 Å². The summed E-state index contributed by atoms with van der Waals surface area (Å²) in [6, 6.07) is 0. The Hall–Kier alpha value is -0.120. The molecule has 0 aromatic carbocycles. The standard InChI is InChI=1S/C13H27N3/c1-14-12-13(6-4-3-5-7-13)16-10-8-15(2)9-11-16/h14H,3-12H2,1-2H3. The van der Waals surface area contributed by atoms with Crippen molar-refractivity contribution >= 4 is 0 Å². The highest BCUT2D eigenvalue weighted by molar-refractivity contribution is 4.96. The molecule has 1 aliphatic heterocycles. The van der Waals surface area contributed by atoms with Crippen molar-refractivity contribution in [2.75, 3.05) is 46.8 Å². The van der Waals surface area contributed by atoms with E-state index in [2.05, 4.69) is 29.2 Å². The van der Waals surface area contributed by atoms with Gasteiger partial charge in [-0.3, -0.25) is 4.90 Å². The van der Waals surface area contributed by atoms with Crippen LogP contribution in [0.5, 0.6) is 0 Å². The van der Waals surface area contributed by atoms with Crippen molar-refractivity contribution in [3.05, 3.63) is 0 Å². The largest absolute Gasteiger partial charge is 0.318 e. The fraction of sp³-hybridized carbons (Fsp3) is 1.00. The first-order chi connectivity index (χ1) is 7.77. The fourth-order valence-corrected chi connectivity index (χ4v) is 3.42. The highest BCUT2D eigenvalue weighted by Crippen LogP contribution is 2.33. The lowest BCUT2D eigenvalue weighted by atomic mass is 9.79. The molecule has 2 rings (SSSR count). The molecule has 1 aliphatic carbocycles. The van der Waals surface area contributed by atoms with Crippen molar-refractivity contribution < 1.29 is 0 Å². The Morgan fingerprint density at radius 1 is 1.00 bits per heavy atom. The fourth-order valence-electron chi connectivity index (χ4n) is 3.42. The summed E-state index contributed by atoms with van der Waals surface area (Å²) in [6.07, 6.45) is 7.09. The molecule has 94 valence electrons. The van der Waals surface area contributed by atoms with Gasteiger partial charge in [-0.1, -0.05) is 19.3 Å². The lowest BCUT2D eigenvalue weighted by Gasteiger charge is -2.49. The van der Waals surface area contributed by atoms with E-state index in [9.17, 15) is 0 Å². The maximum absolute atomic E-state index is 3.43. The van der Waals surface area contributed by atoms with Crippen molar-refractivity contribution in [1.29, 1.82) is 0 Å². The molecule has 2 fully saturated rings. The lowest BCUT2D eigenvalue weighted by molar-refractivity contribution is 0.0150. The summed E-state index contributed by atoms with van der Waals surface area (Å²) < 4.78 is 0. The quantitative estimate of drug-likeness (QED) is 0.777. The highest BCUT2D eigenvalue weighted by atomic mass is 15.3. The molecule has 3 heteroatoms. The van der Waals surface area contributed by atoms with Crippen LogP contribution in [-0.4, -0.2) is 62.2 Å². The van der Waals surface area contributed by atoms with Gasteiger partial charge >= 0.3 is 0 Å². The summed E-state index contributed by atoms with van der Waals surface area (Å²) in [4.78, 5) is 5.22. The van der Waals surface area contributed by atoms with Crippen molar-refractivity contribution in [2.24, 2.45) is 0 Å². The molecule has 0 atom stereocenters.